The zero-order valence-corrected chi connectivity index (χ0v) is 17.3. The first kappa shape index (κ1) is 21.0. The van der Waals surface area contributed by atoms with E-state index in [0.29, 0.717) is 22.0 Å². The first-order valence-electron chi connectivity index (χ1n) is 9.83. The lowest BCUT2D eigenvalue weighted by atomic mass is 10.1. The van der Waals surface area contributed by atoms with Gasteiger partial charge in [0, 0.05) is 30.0 Å². The number of carbonyl (C=O) groups is 2. The molecule has 2 amide bonds. The molecule has 154 valence electrons. The molecule has 1 aliphatic heterocycles. The van der Waals surface area contributed by atoms with E-state index in [1.165, 1.54) is 12.8 Å². The van der Waals surface area contributed by atoms with E-state index >= 15 is 0 Å². The van der Waals surface area contributed by atoms with Crippen LogP contribution in [0.15, 0.2) is 42.5 Å². The van der Waals surface area contributed by atoms with Crippen molar-refractivity contribution in [3.05, 3.63) is 53.1 Å². The largest absolute Gasteiger partial charge is 0.495 e. The van der Waals surface area contributed by atoms with Crippen LogP contribution in [0.3, 0.4) is 0 Å². The van der Waals surface area contributed by atoms with Crippen molar-refractivity contribution < 1.29 is 14.3 Å². The summed E-state index contributed by atoms with van der Waals surface area (Å²) >= 11 is 6.09. The summed E-state index contributed by atoms with van der Waals surface area (Å²) in [5, 5.41) is 6.33. The van der Waals surface area contributed by atoms with Gasteiger partial charge in [-0.25, -0.2) is 0 Å². The number of halogens is 1. The molecule has 7 heteroatoms. The molecule has 29 heavy (non-hydrogen) atoms. The second-order valence-corrected chi connectivity index (χ2v) is 7.45. The molecule has 0 saturated carbocycles. The van der Waals surface area contributed by atoms with Crippen LogP contribution in [0.4, 0.5) is 11.4 Å². The van der Waals surface area contributed by atoms with E-state index in [1.54, 1.807) is 49.6 Å². The van der Waals surface area contributed by atoms with Gasteiger partial charge in [-0.05, 0) is 49.2 Å². The summed E-state index contributed by atoms with van der Waals surface area (Å²) in [5.41, 5.74) is 1.92. The number of rotatable bonds is 6. The van der Waals surface area contributed by atoms with Crippen molar-refractivity contribution >= 4 is 34.8 Å². The second kappa shape index (κ2) is 10.2. The summed E-state index contributed by atoms with van der Waals surface area (Å²) < 4.78 is 5.12. The summed E-state index contributed by atoms with van der Waals surface area (Å²) in [6.45, 7) is 1.67. The Morgan fingerprint density at radius 1 is 1.03 bits per heavy atom. The molecule has 1 heterocycles. The van der Waals surface area contributed by atoms with Crippen molar-refractivity contribution in [1.82, 2.24) is 4.90 Å². The average molecular weight is 416 g/mol. The average Bonchev–Trinajstić information content (AvgIpc) is 3.01. The second-order valence-electron chi connectivity index (χ2n) is 7.04. The van der Waals surface area contributed by atoms with E-state index < -0.39 is 0 Å². The summed E-state index contributed by atoms with van der Waals surface area (Å²) in [6, 6.07) is 12.3. The summed E-state index contributed by atoms with van der Waals surface area (Å²) in [4.78, 5) is 27.0. The number of ether oxygens (including phenoxy) is 1. The molecule has 0 spiro atoms. The van der Waals surface area contributed by atoms with Crippen molar-refractivity contribution in [1.29, 1.82) is 0 Å². The van der Waals surface area contributed by atoms with E-state index in [4.69, 9.17) is 16.3 Å². The van der Waals surface area contributed by atoms with Gasteiger partial charge in [0.1, 0.15) is 5.75 Å². The predicted octanol–water partition coefficient (Wildman–Crippen LogP) is 4.42. The predicted molar refractivity (Wildman–Crippen MR) is 116 cm³/mol. The molecule has 0 bridgehead atoms. The highest BCUT2D eigenvalue weighted by molar-refractivity contribution is 6.32. The molecule has 0 radical (unpaired) electrons. The summed E-state index contributed by atoms with van der Waals surface area (Å²) in [6.07, 6.45) is 4.44. The Hall–Kier alpha value is -2.73. The zero-order valence-electron chi connectivity index (χ0n) is 16.5. The van der Waals surface area contributed by atoms with Crippen molar-refractivity contribution in [2.24, 2.45) is 0 Å². The summed E-state index contributed by atoms with van der Waals surface area (Å²) in [5.74, 6) is 0.387. The SMILES string of the molecule is COc1ccc(NCC(=O)Nc2cccc(C(=O)N3CCCCCC3)c2)cc1Cl. The maximum absolute atomic E-state index is 12.8. The minimum Gasteiger partial charge on any atom is -0.495 e. The highest BCUT2D eigenvalue weighted by Crippen LogP contribution is 2.27. The van der Waals surface area contributed by atoms with E-state index in [0.717, 1.165) is 31.6 Å². The number of nitrogens with zero attached hydrogens (tertiary/aromatic N) is 1. The molecule has 1 fully saturated rings. The van der Waals surface area contributed by atoms with Crippen molar-refractivity contribution in [3.63, 3.8) is 0 Å². The van der Waals surface area contributed by atoms with Crippen LogP contribution in [0, 0.1) is 0 Å². The Morgan fingerprint density at radius 2 is 1.79 bits per heavy atom. The lowest BCUT2D eigenvalue weighted by Crippen LogP contribution is -2.31. The van der Waals surface area contributed by atoms with E-state index in [1.807, 2.05) is 4.90 Å². The molecule has 0 aliphatic carbocycles. The smallest absolute Gasteiger partial charge is 0.253 e. The van der Waals surface area contributed by atoms with Gasteiger partial charge in [-0.3, -0.25) is 9.59 Å². The number of benzene rings is 2. The molecule has 2 aromatic rings. The van der Waals surface area contributed by atoms with Gasteiger partial charge in [-0.2, -0.15) is 0 Å². The lowest BCUT2D eigenvalue weighted by molar-refractivity contribution is -0.114. The van der Waals surface area contributed by atoms with Gasteiger partial charge in [-0.1, -0.05) is 30.5 Å². The van der Waals surface area contributed by atoms with Crippen LogP contribution < -0.4 is 15.4 Å². The number of nitrogens with one attached hydrogen (secondary N) is 2. The first-order chi connectivity index (χ1) is 14.1. The van der Waals surface area contributed by atoms with Gasteiger partial charge in [0.25, 0.3) is 5.91 Å². The Balaban J connectivity index is 1.57. The van der Waals surface area contributed by atoms with E-state index in [-0.39, 0.29) is 18.4 Å². The van der Waals surface area contributed by atoms with Crippen LogP contribution in [-0.4, -0.2) is 43.5 Å². The number of anilines is 2. The van der Waals surface area contributed by atoms with Crippen molar-refractivity contribution in [2.45, 2.75) is 25.7 Å². The van der Waals surface area contributed by atoms with Crippen molar-refractivity contribution in [3.8, 4) is 5.75 Å². The highest BCUT2D eigenvalue weighted by atomic mass is 35.5. The number of carbonyl (C=O) groups excluding carboxylic acids is 2. The number of hydrogen-bond acceptors (Lipinski definition) is 4. The van der Waals surface area contributed by atoms with E-state index in [2.05, 4.69) is 10.6 Å². The number of hydrogen-bond donors (Lipinski definition) is 2. The third-order valence-electron chi connectivity index (χ3n) is 4.89. The van der Waals surface area contributed by atoms with Gasteiger partial charge in [0.15, 0.2) is 0 Å². The molecular formula is C22H26ClN3O3. The first-order valence-corrected chi connectivity index (χ1v) is 10.2. The molecule has 1 saturated heterocycles. The normalized spacial score (nSPS) is 14.1. The van der Waals surface area contributed by atoms with Crippen LogP contribution in [0.1, 0.15) is 36.0 Å². The van der Waals surface area contributed by atoms with Gasteiger partial charge >= 0.3 is 0 Å². The molecule has 0 atom stereocenters. The third-order valence-corrected chi connectivity index (χ3v) is 5.19. The zero-order chi connectivity index (χ0) is 20.6. The molecule has 0 aromatic heterocycles. The van der Waals surface area contributed by atoms with Crippen LogP contribution >= 0.6 is 11.6 Å². The van der Waals surface area contributed by atoms with Crippen LogP contribution in [-0.2, 0) is 4.79 Å². The van der Waals surface area contributed by atoms with Crippen LogP contribution in [0.25, 0.3) is 0 Å². The number of amides is 2. The Bertz CT molecular complexity index is 864. The maximum Gasteiger partial charge on any atom is 0.253 e. The fourth-order valence-electron chi connectivity index (χ4n) is 3.35. The van der Waals surface area contributed by atoms with Gasteiger partial charge < -0.3 is 20.3 Å². The highest BCUT2D eigenvalue weighted by Gasteiger charge is 2.17. The molecule has 3 rings (SSSR count). The minimum absolute atomic E-state index is 0.0222. The maximum atomic E-state index is 12.8. The Morgan fingerprint density at radius 3 is 2.48 bits per heavy atom. The van der Waals surface area contributed by atoms with Gasteiger partial charge in [0.2, 0.25) is 5.91 Å². The fourth-order valence-corrected chi connectivity index (χ4v) is 3.61. The van der Waals surface area contributed by atoms with Crippen LogP contribution in [0.2, 0.25) is 5.02 Å². The molecular weight excluding hydrogens is 390 g/mol. The number of methoxy groups -OCH3 is 1. The molecule has 2 N–H and O–H groups in total. The van der Waals surface area contributed by atoms with Crippen molar-refractivity contribution in [2.75, 3.05) is 37.4 Å². The van der Waals surface area contributed by atoms with Crippen LogP contribution in [0.5, 0.6) is 5.75 Å². The molecule has 2 aromatic carbocycles. The minimum atomic E-state index is -0.212. The third kappa shape index (κ3) is 5.87. The number of likely N-dealkylation sites (tertiary alicyclic amines) is 1. The quantitative estimate of drug-likeness (QED) is 0.732. The summed E-state index contributed by atoms with van der Waals surface area (Å²) in [7, 11) is 1.55. The molecule has 0 unspecified atom stereocenters. The Kier molecular flexibility index (Phi) is 7.36. The van der Waals surface area contributed by atoms with E-state index in [9.17, 15) is 9.59 Å². The monoisotopic (exact) mass is 415 g/mol. The fraction of sp³-hybridized carbons (Fsp3) is 0.364. The molecule has 1 aliphatic rings. The van der Waals surface area contributed by atoms with Gasteiger partial charge in [0.05, 0.1) is 18.7 Å². The topological polar surface area (TPSA) is 70.7 Å². The molecule has 6 nitrogen and oxygen atoms in total. The lowest BCUT2D eigenvalue weighted by Gasteiger charge is -2.20. The van der Waals surface area contributed by atoms with Gasteiger partial charge in [-0.15, -0.1) is 0 Å². The Labute approximate surface area is 176 Å². The standard InChI is InChI=1S/C22H26ClN3O3/c1-29-20-10-9-17(14-19(20)23)24-15-21(27)25-18-8-6-7-16(13-18)22(28)26-11-4-2-3-5-12-26/h6-10,13-14,24H,2-5,11-12,15H2,1H3,(H,25,27).